The molecule has 0 aromatic heterocycles. The number of aliphatic hydroxyl groups is 1. The minimum atomic E-state index is -0.315. The van der Waals surface area contributed by atoms with Crippen molar-refractivity contribution < 1.29 is 9.90 Å². The molecule has 2 N–H and O–H groups in total. The maximum absolute atomic E-state index is 12.5. The standard InChI is InChI=1S/C28H35N3O2.2C2H6/c32-26(20-30-18-14-28(15-19-30)21-29-25-9-5-4-8-24(25)28)23-12-16-31(17-13-23)27(33)11-10-22-6-2-1-3-7-22;2*1-2/h1-11,23,26,29,32H,12-21H2;2*1-2H3/b11-10+;;/t26-;;/m0../s1. The van der Waals surface area contributed by atoms with E-state index in [1.54, 1.807) is 6.08 Å². The van der Waals surface area contributed by atoms with Crippen molar-refractivity contribution in [3.8, 4) is 0 Å². The molecule has 0 radical (unpaired) electrons. The SMILES string of the molecule is CC.CC.O=C(/C=C/c1ccccc1)N1CCC([C@@H](O)CN2CCC3(CC2)CNc2ccccc23)CC1. The molecule has 0 unspecified atom stereocenters. The van der Waals surface area contributed by atoms with Crippen LogP contribution in [0.5, 0.6) is 0 Å². The van der Waals surface area contributed by atoms with Crippen LogP contribution in [0.4, 0.5) is 5.69 Å². The van der Waals surface area contributed by atoms with Crippen molar-refractivity contribution in [2.45, 2.75) is 64.9 Å². The first-order chi connectivity index (χ1) is 18.1. The van der Waals surface area contributed by atoms with Gasteiger partial charge in [0.15, 0.2) is 0 Å². The number of hydrogen-bond donors (Lipinski definition) is 2. The minimum Gasteiger partial charge on any atom is -0.392 e. The van der Waals surface area contributed by atoms with Crippen LogP contribution in [-0.2, 0) is 10.2 Å². The van der Waals surface area contributed by atoms with E-state index in [0.717, 1.165) is 70.5 Å². The number of piperidine rings is 2. The van der Waals surface area contributed by atoms with Gasteiger partial charge in [0, 0.05) is 43.4 Å². The van der Waals surface area contributed by atoms with Gasteiger partial charge in [0.05, 0.1) is 6.10 Å². The Kier molecular flexibility index (Phi) is 11.2. The Balaban J connectivity index is 0.000000907. The molecule has 37 heavy (non-hydrogen) atoms. The van der Waals surface area contributed by atoms with E-state index < -0.39 is 0 Å². The van der Waals surface area contributed by atoms with Gasteiger partial charge < -0.3 is 20.2 Å². The number of fused-ring (bicyclic) bond motifs is 2. The summed E-state index contributed by atoms with van der Waals surface area (Å²) in [6.45, 7) is 13.3. The summed E-state index contributed by atoms with van der Waals surface area (Å²) in [6.07, 6.45) is 7.28. The van der Waals surface area contributed by atoms with E-state index in [1.165, 1.54) is 11.3 Å². The van der Waals surface area contributed by atoms with E-state index >= 15 is 0 Å². The van der Waals surface area contributed by atoms with Crippen LogP contribution in [0.2, 0.25) is 0 Å². The first-order valence-corrected chi connectivity index (χ1v) is 14.4. The Morgan fingerprint density at radius 2 is 1.59 bits per heavy atom. The summed E-state index contributed by atoms with van der Waals surface area (Å²) in [5.41, 5.74) is 4.07. The maximum Gasteiger partial charge on any atom is 0.246 e. The zero-order valence-corrected chi connectivity index (χ0v) is 23.3. The number of hydrogen-bond acceptors (Lipinski definition) is 4. The van der Waals surface area contributed by atoms with Crippen LogP contribution >= 0.6 is 0 Å². The summed E-state index contributed by atoms with van der Waals surface area (Å²) in [7, 11) is 0. The average molecular weight is 506 g/mol. The molecule has 2 aromatic carbocycles. The molecule has 202 valence electrons. The number of para-hydroxylation sites is 1. The Morgan fingerprint density at radius 1 is 0.973 bits per heavy atom. The maximum atomic E-state index is 12.5. The molecular weight excluding hydrogens is 458 g/mol. The molecule has 5 heteroatoms. The fraction of sp³-hybridized carbons (Fsp3) is 0.531. The summed E-state index contributed by atoms with van der Waals surface area (Å²) < 4.78 is 0. The number of nitrogens with zero attached hydrogens (tertiary/aromatic N) is 2. The summed E-state index contributed by atoms with van der Waals surface area (Å²) in [5.74, 6) is 0.343. The molecule has 0 bridgehead atoms. The molecule has 3 heterocycles. The summed E-state index contributed by atoms with van der Waals surface area (Å²) in [4.78, 5) is 16.9. The van der Waals surface area contributed by atoms with Gasteiger partial charge in [-0.05, 0) is 68.0 Å². The molecule has 3 aliphatic rings. The molecule has 5 nitrogen and oxygen atoms in total. The Hall–Kier alpha value is -2.63. The molecule has 2 fully saturated rings. The third kappa shape index (κ3) is 7.24. The van der Waals surface area contributed by atoms with Gasteiger partial charge in [-0.3, -0.25) is 4.79 Å². The number of anilines is 1. The third-order valence-electron chi connectivity index (χ3n) is 7.99. The van der Waals surface area contributed by atoms with Crippen LogP contribution in [-0.4, -0.2) is 66.2 Å². The van der Waals surface area contributed by atoms with Crippen LogP contribution in [0.1, 0.15) is 64.5 Å². The van der Waals surface area contributed by atoms with Gasteiger partial charge in [0.25, 0.3) is 0 Å². The van der Waals surface area contributed by atoms with E-state index in [2.05, 4.69) is 34.5 Å². The number of β-amino-alcohol motifs (C(OH)–C–C–N with tert-alkyl or cyclic N) is 1. The van der Waals surface area contributed by atoms with E-state index in [1.807, 2.05) is 69.0 Å². The second-order valence-corrected chi connectivity index (χ2v) is 9.95. The fourth-order valence-corrected chi connectivity index (χ4v) is 5.82. The van der Waals surface area contributed by atoms with Crippen molar-refractivity contribution in [3.05, 3.63) is 71.8 Å². The van der Waals surface area contributed by atoms with Gasteiger partial charge in [0.1, 0.15) is 0 Å². The lowest BCUT2D eigenvalue weighted by Gasteiger charge is -2.41. The quantitative estimate of drug-likeness (QED) is 0.504. The lowest BCUT2D eigenvalue weighted by Crippen LogP contribution is -2.48. The fourth-order valence-electron chi connectivity index (χ4n) is 5.82. The van der Waals surface area contributed by atoms with E-state index in [-0.39, 0.29) is 23.3 Å². The number of nitrogens with one attached hydrogen (secondary N) is 1. The van der Waals surface area contributed by atoms with Gasteiger partial charge >= 0.3 is 0 Å². The number of aliphatic hydroxyl groups excluding tert-OH is 1. The zero-order valence-electron chi connectivity index (χ0n) is 23.3. The predicted octanol–water partition coefficient (Wildman–Crippen LogP) is 5.81. The van der Waals surface area contributed by atoms with Crippen molar-refractivity contribution >= 4 is 17.7 Å². The number of benzene rings is 2. The molecular formula is C32H47N3O2. The number of likely N-dealkylation sites (tertiary alicyclic amines) is 2. The molecule has 5 rings (SSSR count). The zero-order chi connectivity index (χ0) is 26.7. The molecule has 2 aromatic rings. The lowest BCUT2D eigenvalue weighted by atomic mass is 9.74. The van der Waals surface area contributed by atoms with E-state index in [4.69, 9.17) is 0 Å². The van der Waals surface area contributed by atoms with Gasteiger partial charge in [-0.1, -0.05) is 76.2 Å². The monoisotopic (exact) mass is 505 g/mol. The van der Waals surface area contributed by atoms with Gasteiger partial charge in [-0.2, -0.15) is 0 Å². The van der Waals surface area contributed by atoms with E-state index in [0.29, 0.717) is 0 Å². The second kappa shape index (κ2) is 14.3. The molecule has 1 spiro atoms. The highest BCUT2D eigenvalue weighted by Gasteiger charge is 2.41. The van der Waals surface area contributed by atoms with Crippen molar-refractivity contribution in [2.24, 2.45) is 5.92 Å². The highest BCUT2D eigenvalue weighted by molar-refractivity contribution is 5.91. The van der Waals surface area contributed by atoms with Crippen LogP contribution in [0.15, 0.2) is 60.7 Å². The van der Waals surface area contributed by atoms with Gasteiger partial charge in [-0.15, -0.1) is 0 Å². The predicted molar refractivity (Wildman–Crippen MR) is 156 cm³/mol. The molecule has 1 atom stereocenters. The highest BCUT2D eigenvalue weighted by atomic mass is 16.3. The van der Waals surface area contributed by atoms with Crippen molar-refractivity contribution in [3.63, 3.8) is 0 Å². The van der Waals surface area contributed by atoms with Crippen molar-refractivity contribution in [1.29, 1.82) is 0 Å². The number of carbonyl (C=O) groups excluding carboxylic acids is 1. The van der Waals surface area contributed by atoms with Crippen molar-refractivity contribution in [2.75, 3.05) is 44.6 Å². The molecule has 1 amide bonds. The lowest BCUT2D eigenvalue weighted by molar-refractivity contribution is -0.128. The van der Waals surface area contributed by atoms with Crippen LogP contribution in [0.25, 0.3) is 6.08 Å². The largest absolute Gasteiger partial charge is 0.392 e. The second-order valence-electron chi connectivity index (χ2n) is 9.95. The first-order valence-electron chi connectivity index (χ1n) is 14.4. The van der Waals surface area contributed by atoms with Crippen LogP contribution in [0.3, 0.4) is 0 Å². The van der Waals surface area contributed by atoms with Crippen LogP contribution in [0, 0.1) is 5.92 Å². The number of rotatable bonds is 5. The Bertz CT molecular complexity index is 975. The summed E-state index contributed by atoms with van der Waals surface area (Å²) in [6, 6.07) is 18.6. The highest BCUT2D eigenvalue weighted by Crippen LogP contribution is 2.43. The normalized spacial score (nSPS) is 19.8. The third-order valence-corrected chi connectivity index (χ3v) is 7.99. The molecule has 0 aliphatic carbocycles. The summed E-state index contributed by atoms with van der Waals surface area (Å²) >= 11 is 0. The molecule has 2 saturated heterocycles. The van der Waals surface area contributed by atoms with Gasteiger partial charge in [-0.25, -0.2) is 0 Å². The molecule has 0 saturated carbocycles. The van der Waals surface area contributed by atoms with E-state index in [9.17, 15) is 9.90 Å². The van der Waals surface area contributed by atoms with Gasteiger partial charge in [0.2, 0.25) is 5.91 Å². The molecule has 3 aliphatic heterocycles. The first kappa shape index (κ1) is 28.9. The number of amides is 1. The van der Waals surface area contributed by atoms with Crippen molar-refractivity contribution in [1.82, 2.24) is 9.80 Å². The minimum absolute atomic E-state index is 0.0681. The van der Waals surface area contributed by atoms with Crippen LogP contribution < -0.4 is 5.32 Å². The number of carbonyl (C=O) groups is 1. The Morgan fingerprint density at radius 3 is 2.27 bits per heavy atom. The average Bonchev–Trinajstić information content (AvgIpc) is 3.33. The Labute approximate surface area is 224 Å². The smallest absolute Gasteiger partial charge is 0.246 e. The topological polar surface area (TPSA) is 55.8 Å². The summed E-state index contributed by atoms with van der Waals surface area (Å²) in [5, 5.41) is 14.5.